The van der Waals surface area contributed by atoms with Crippen molar-refractivity contribution in [3.8, 4) is 0 Å². The van der Waals surface area contributed by atoms with E-state index in [1.807, 2.05) is 0 Å². The molecule has 0 unspecified atom stereocenters. The van der Waals surface area contributed by atoms with Crippen molar-refractivity contribution < 1.29 is 19.1 Å². The second kappa shape index (κ2) is 9.12. The van der Waals surface area contributed by atoms with Gasteiger partial charge in [0.25, 0.3) is 5.91 Å². The van der Waals surface area contributed by atoms with Gasteiger partial charge in [0.15, 0.2) is 11.9 Å². The number of anilines is 1. The fourth-order valence-electron chi connectivity index (χ4n) is 2.56. The third-order valence-electron chi connectivity index (χ3n) is 4.06. The number of ether oxygens (including phenoxy) is 1. The van der Waals surface area contributed by atoms with E-state index in [1.54, 1.807) is 54.6 Å². The van der Waals surface area contributed by atoms with Crippen LogP contribution in [0.3, 0.4) is 0 Å². The summed E-state index contributed by atoms with van der Waals surface area (Å²) >= 11 is 5.76. The highest BCUT2D eigenvalue weighted by atomic mass is 35.5. The third-order valence-corrected chi connectivity index (χ3v) is 4.28. The topological polar surface area (TPSA) is 85.4 Å². The maximum Gasteiger partial charge on any atom is 0.339 e. The van der Waals surface area contributed by atoms with Gasteiger partial charge in [-0.3, -0.25) is 9.59 Å². The van der Waals surface area contributed by atoms with Crippen molar-refractivity contribution in [2.24, 2.45) is 0 Å². The van der Waals surface area contributed by atoms with Crippen LogP contribution in [0.15, 0.2) is 72.9 Å². The molecule has 0 aliphatic carbocycles. The molecule has 0 saturated heterocycles. The monoisotopic (exact) mass is 408 g/mol. The maximum atomic E-state index is 12.8. The lowest BCUT2D eigenvalue weighted by atomic mass is 9.98. The largest absolute Gasteiger partial charge is 0.449 e. The van der Waals surface area contributed by atoms with E-state index in [9.17, 15) is 14.4 Å². The van der Waals surface area contributed by atoms with E-state index in [4.69, 9.17) is 16.3 Å². The van der Waals surface area contributed by atoms with E-state index in [1.165, 1.54) is 25.3 Å². The minimum absolute atomic E-state index is 0.0885. The number of amides is 1. The van der Waals surface area contributed by atoms with Crippen LogP contribution in [0.25, 0.3) is 0 Å². The molecule has 0 aliphatic heterocycles. The molecule has 6 nitrogen and oxygen atoms in total. The number of hydrogen-bond acceptors (Lipinski definition) is 5. The molecule has 1 atom stereocenters. The zero-order chi connectivity index (χ0) is 20.8. The number of carbonyl (C=O) groups excluding carboxylic acids is 3. The van der Waals surface area contributed by atoms with Gasteiger partial charge in [-0.05, 0) is 25.1 Å². The molecular weight excluding hydrogens is 392 g/mol. The van der Waals surface area contributed by atoms with Crippen molar-refractivity contribution >= 4 is 35.1 Å². The lowest BCUT2D eigenvalue weighted by Gasteiger charge is -2.14. The van der Waals surface area contributed by atoms with Gasteiger partial charge in [-0.15, -0.1) is 0 Å². The molecule has 2 aromatic carbocycles. The first-order chi connectivity index (χ1) is 14.0. The predicted octanol–water partition coefficient (Wildman–Crippen LogP) is 4.15. The molecule has 1 N–H and O–H groups in total. The Bertz CT molecular complexity index is 1040. The number of ketones is 1. The van der Waals surface area contributed by atoms with E-state index < -0.39 is 18.0 Å². The Balaban J connectivity index is 1.73. The van der Waals surface area contributed by atoms with Crippen LogP contribution in [0, 0.1) is 0 Å². The van der Waals surface area contributed by atoms with Gasteiger partial charge in [-0.1, -0.05) is 60.1 Å². The van der Waals surface area contributed by atoms with Crippen molar-refractivity contribution in [3.63, 3.8) is 0 Å². The van der Waals surface area contributed by atoms with Crippen LogP contribution in [0.4, 0.5) is 5.82 Å². The van der Waals surface area contributed by atoms with E-state index in [0.717, 1.165) is 0 Å². The van der Waals surface area contributed by atoms with Gasteiger partial charge >= 0.3 is 5.97 Å². The number of esters is 1. The number of rotatable bonds is 6. The Kier molecular flexibility index (Phi) is 6.36. The highest BCUT2D eigenvalue weighted by Crippen LogP contribution is 2.17. The number of halogens is 1. The Labute approximate surface area is 172 Å². The second-order valence-corrected chi connectivity index (χ2v) is 6.58. The molecule has 7 heteroatoms. The average molecular weight is 409 g/mol. The first-order valence-electron chi connectivity index (χ1n) is 8.78. The lowest BCUT2D eigenvalue weighted by Crippen LogP contribution is -2.30. The molecule has 0 bridgehead atoms. The van der Waals surface area contributed by atoms with Crippen molar-refractivity contribution in [1.82, 2.24) is 4.98 Å². The van der Waals surface area contributed by atoms with E-state index >= 15 is 0 Å². The lowest BCUT2D eigenvalue weighted by molar-refractivity contribution is -0.123. The van der Waals surface area contributed by atoms with Crippen molar-refractivity contribution in [2.45, 2.75) is 13.0 Å². The highest BCUT2D eigenvalue weighted by Gasteiger charge is 2.23. The molecule has 3 rings (SSSR count). The van der Waals surface area contributed by atoms with Gasteiger partial charge in [0.05, 0.1) is 10.6 Å². The summed E-state index contributed by atoms with van der Waals surface area (Å²) in [5, 5.41) is 2.97. The Morgan fingerprint density at radius 3 is 2.24 bits per heavy atom. The smallest absolute Gasteiger partial charge is 0.339 e. The van der Waals surface area contributed by atoms with Crippen LogP contribution in [0.1, 0.15) is 33.2 Å². The number of benzene rings is 2. The predicted molar refractivity (Wildman–Crippen MR) is 109 cm³/mol. The molecule has 1 amide bonds. The summed E-state index contributed by atoms with van der Waals surface area (Å²) in [6, 6.07) is 18.0. The molecule has 0 spiro atoms. The van der Waals surface area contributed by atoms with Crippen molar-refractivity contribution in [3.05, 3.63) is 94.6 Å². The summed E-state index contributed by atoms with van der Waals surface area (Å²) in [4.78, 5) is 41.6. The van der Waals surface area contributed by atoms with Gasteiger partial charge in [0, 0.05) is 17.3 Å². The van der Waals surface area contributed by atoms with Crippen LogP contribution in [0.5, 0.6) is 0 Å². The molecular formula is C22H17ClN2O4. The Hall–Kier alpha value is -3.51. The number of carbonyl (C=O) groups is 3. The van der Waals surface area contributed by atoms with Crippen LogP contribution in [-0.4, -0.2) is 28.7 Å². The molecule has 3 aromatic rings. The van der Waals surface area contributed by atoms with Crippen molar-refractivity contribution in [1.29, 1.82) is 0 Å². The van der Waals surface area contributed by atoms with Crippen LogP contribution >= 0.6 is 11.6 Å². The van der Waals surface area contributed by atoms with Gasteiger partial charge in [0.2, 0.25) is 0 Å². The second-order valence-electron chi connectivity index (χ2n) is 6.14. The molecule has 0 saturated carbocycles. The van der Waals surface area contributed by atoms with E-state index in [2.05, 4.69) is 10.3 Å². The van der Waals surface area contributed by atoms with Crippen LogP contribution in [0.2, 0.25) is 5.02 Å². The number of aromatic nitrogens is 1. The standard InChI is InChI=1S/C22H17ClN2O4/c1-14(21(27)25-19-12-11-16(23)13-24-19)29-22(28)18-10-6-5-9-17(18)20(26)15-7-3-2-4-8-15/h2-14H,1H3,(H,24,25,27)/t14-/m1/s1. The number of nitrogens with zero attached hydrogens (tertiary/aromatic N) is 1. The molecule has 29 heavy (non-hydrogen) atoms. The summed E-state index contributed by atoms with van der Waals surface area (Å²) in [6.45, 7) is 1.44. The molecule has 146 valence electrons. The van der Waals surface area contributed by atoms with E-state index in [-0.39, 0.29) is 22.7 Å². The van der Waals surface area contributed by atoms with Crippen LogP contribution in [-0.2, 0) is 9.53 Å². The minimum Gasteiger partial charge on any atom is -0.449 e. The normalized spacial score (nSPS) is 11.4. The molecule has 1 aromatic heterocycles. The number of nitrogens with one attached hydrogen (secondary N) is 1. The fraction of sp³-hybridized carbons (Fsp3) is 0.0909. The summed E-state index contributed by atoms with van der Waals surface area (Å²) in [7, 11) is 0. The average Bonchev–Trinajstić information content (AvgIpc) is 2.75. The Morgan fingerprint density at radius 2 is 1.59 bits per heavy atom. The van der Waals surface area contributed by atoms with E-state index in [0.29, 0.717) is 10.6 Å². The van der Waals surface area contributed by atoms with Crippen LogP contribution < -0.4 is 5.32 Å². The van der Waals surface area contributed by atoms with Gasteiger partial charge < -0.3 is 10.1 Å². The zero-order valence-electron chi connectivity index (χ0n) is 15.5. The fourth-order valence-corrected chi connectivity index (χ4v) is 2.67. The zero-order valence-corrected chi connectivity index (χ0v) is 16.2. The summed E-state index contributed by atoms with van der Waals surface area (Å²) < 4.78 is 5.26. The van der Waals surface area contributed by atoms with Gasteiger partial charge in [-0.2, -0.15) is 0 Å². The highest BCUT2D eigenvalue weighted by molar-refractivity contribution is 6.30. The number of hydrogen-bond donors (Lipinski definition) is 1. The SMILES string of the molecule is C[C@@H](OC(=O)c1ccccc1C(=O)c1ccccc1)C(=O)Nc1ccc(Cl)cn1. The molecule has 0 radical (unpaired) electrons. The summed E-state index contributed by atoms with van der Waals surface area (Å²) in [5.41, 5.74) is 0.744. The Morgan fingerprint density at radius 1 is 0.931 bits per heavy atom. The molecule has 1 heterocycles. The minimum atomic E-state index is -1.10. The number of pyridine rings is 1. The third kappa shape index (κ3) is 5.06. The van der Waals surface area contributed by atoms with Gasteiger partial charge in [0.1, 0.15) is 5.82 Å². The molecule has 0 fully saturated rings. The molecule has 0 aliphatic rings. The first kappa shape index (κ1) is 20.2. The first-order valence-corrected chi connectivity index (χ1v) is 9.15. The van der Waals surface area contributed by atoms with Gasteiger partial charge in [-0.25, -0.2) is 9.78 Å². The summed E-state index contributed by atoms with van der Waals surface area (Å²) in [5.74, 6) is -1.35. The van der Waals surface area contributed by atoms with Crippen molar-refractivity contribution in [2.75, 3.05) is 5.32 Å². The summed E-state index contributed by atoms with van der Waals surface area (Å²) in [6.07, 6.45) is 0.291. The quantitative estimate of drug-likeness (QED) is 0.489. The maximum absolute atomic E-state index is 12.8.